The number of aromatic nitrogens is 4. The summed E-state index contributed by atoms with van der Waals surface area (Å²) < 4.78 is 1.09. The molecule has 7 heteroatoms. The third-order valence-electron chi connectivity index (χ3n) is 3.10. The van der Waals surface area contributed by atoms with E-state index in [0.29, 0.717) is 10.8 Å². The summed E-state index contributed by atoms with van der Waals surface area (Å²) in [5, 5.41) is 0.790. The molecule has 3 rings (SSSR count). The van der Waals surface area contributed by atoms with Gasteiger partial charge in [0, 0.05) is 6.20 Å². The molecular weight excluding hydrogens is 288 g/mol. The maximum atomic E-state index is 12.5. The molecule has 0 atom stereocenters. The van der Waals surface area contributed by atoms with Crippen molar-refractivity contribution in [2.75, 3.05) is 6.26 Å². The second-order valence-electron chi connectivity index (χ2n) is 4.53. The summed E-state index contributed by atoms with van der Waals surface area (Å²) in [6, 6.07) is 7.15. The van der Waals surface area contributed by atoms with Crippen molar-refractivity contribution in [2.45, 2.75) is 12.1 Å². The predicted octanol–water partition coefficient (Wildman–Crippen LogP) is 1.50. The lowest BCUT2D eigenvalue weighted by atomic mass is 10.2. The molecule has 0 unspecified atom stereocenters. The average Bonchev–Trinajstić information content (AvgIpc) is 2.48. The number of fused-ring (bicyclic) bond motifs is 1. The van der Waals surface area contributed by atoms with Crippen molar-refractivity contribution in [1.82, 2.24) is 19.5 Å². The average molecular weight is 300 g/mol. The maximum Gasteiger partial charge on any atom is 0.334 e. The second-order valence-corrected chi connectivity index (χ2v) is 5.30. The van der Waals surface area contributed by atoms with Crippen LogP contribution in [0.5, 0.6) is 0 Å². The summed E-state index contributed by atoms with van der Waals surface area (Å²) in [6.45, 7) is 1.94. The first-order valence-electron chi connectivity index (χ1n) is 6.23. The fourth-order valence-corrected chi connectivity index (χ4v) is 2.35. The molecule has 0 saturated carbocycles. The Bertz CT molecular complexity index is 928. The molecule has 0 aliphatic carbocycles. The minimum atomic E-state index is -0.512. The molecule has 21 heavy (non-hydrogen) atoms. The van der Waals surface area contributed by atoms with Gasteiger partial charge in [-0.3, -0.25) is 9.78 Å². The van der Waals surface area contributed by atoms with Crippen LogP contribution in [0.3, 0.4) is 0 Å². The van der Waals surface area contributed by atoms with Gasteiger partial charge in [0.25, 0.3) is 5.56 Å². The van der Waals surface area contributed by atoms with Crippen LogP contribution in [0.2, 0.25) is 0 Å². The van der Waals surface area contributed by atoms with Crippen LogP contribution in [0.25, 0.3) is 16.7 Å². The van der Waals surface area contributed by atoms with E-state index in [0.717, 1.165) is 10.1 Å². The van der Waals surface area contributed by atoms with E-state index in [-0.39, 0.29) is 11.0 Å². The van der Waals surface area contributed by atoms with Crippen LogP contribution in [0, 0.1) is 6.92 Å². The van der Waals surface area contributed by atoms with Gasteiger partial charge in [-0.05, 0) is 25.3 Å². The minimum Gasteiger partial charge on any atom is -0.291 e. The summed E-state index contributed by atoms with van der Waals surface area (Å²) in [7, 11) is 0. The van der Waals surface area contributed by atoms with Crippen molar-refractivity contribution in [3.63, 3.8) is 0 Å². The number of nitrogens with zero attached hydrogens (tertiary/aromatic N) is 3. The number of H-pyrrole nitrogens is 1. The topological polar surface area (TPSA) is 80.6 Å². The normalized spacial score (nSPS) is 11.0. The summed E-state index contributed by atoms with van der Waals surface area (Å²) >= 11 is 1.34. The lowest BCUT2D eigenvalue weighted by molar-refractivity contribution is 0.877. The van der Waals surface area contributed by atoms with Gasteiger partial charge in [-0.15, -0.1) is 0 Å². The quantitative estimate of drug-likeness (QED) is 0.573. The Morgan fingerprint density at radius 2 is 1.90 bits per heavy atom. The summed E-state index contributed by atoms with van der Waals surface area (Å²) in [5.74, 6) is 0. The Morgan fingerprint density at radius 1 is 1.19 bits per heavy atom. The van der Waals surface area contributed by atoms with Crippen molar-refractivity contribution in [3.8, 4) is 5.69 Å². The Balaban J connectivity index is 2.32. The van der Waals surface area contributed by atoms with E-state index in [1.54, 1.807) is 12.1 Å². The van der Waals surface area contributed by atoms with Gasteiger partial charge in [0.2, 0.25) is 0 Å². The highest BCUT2D eigenvalue weighted by molar-refractivity contribution is 7.98. The molecule has 2 aromatic heterocycles. The second kappa shape index (κ2) is 5.17. The van der Waals surface area contributed by atoms with Crippen LogP contribution >= 0.6 is 11.8 Å². The first-order valence-corrected chi connectivity index (χ1v) is 7.46. The van der Waals surface area contributed by atoms with Crippen LogP contribution in [-0.4, -0.2) is 25.8 Å². The molecule has 2 heterocycles. The number of aryl methyl sites for hydroxylation is 1. The first-order chi connectivity index (χ1) is 10.1. The Labute approximate surface area is 123 Å². The van der Waals surface area contributed by atoms with Crippen molar-refractivity contribution < 1.29 is 0 Å². The van der Waals surface area contributed by atoms with Crippen molar-refractivity contribution >= 4 is 22.8 Å². The molecule has 0 amide bonds. The number of nitrogens with one attached hydrogen (secondary N) is 1. The number of rotatable bonds is 2. The van der Waals surface area contributed by atoms with Crippen LogP contribution in [-0.2, 0) is 0 Å². The number of benzene rings is 1. The van der Waals surface area contributed by atoms with E-state index in [2.05, 4.69) is 15.0 Å². The molecule has 0 aliphatic heterocycles. The highest BCUT2D eigenvalue weighted by atomic mass is 32.2. The van der Waals surface area contributed by atoms with Gasteiger partial charge in [-0.1, -0.05) is 29.5 Å². The predicted molar refractivity (Wildman–Crippen MR) is 82.3 cm³/mol. The van der Waals surface area contributed by atoms with Gasteiger partial charge in [-0.25, -0.2) is 19.3 Å². The lowest BCUT2D eigenvalue weighted by Crippen LogP contribution is -2.34. The van der Waals surface area contributed by atoms with Crippen molar-refractivity contribution in [3.05, 3.63) is 56.9 Å². The Morgan fingerprint density at radius 3 is 2.57 bits per heavy atom. The van der Waals surface area contributed by atoms with Gasteiger partial charge in [0.05, 0.1) is 5.69 Å². The van der Waals surface area contributed by atoms with Crippen molar-refractivity contribution in [1.29, 1.82) is 0 Å². The summed E-state index contributed by atoms with van der Waals surface area (Å²) in [6.07, 6.45) is 3.27. The monoisotopic (exact) mass is 300 g/mol. The third-order valence-corrected chi connectivity index (χ3v) is 3.67. The molecule has 0 fully saturated rings. The van der Waals surface area contributed by atoms with E-state index in [1.807, 2.05) is 25.3 Å². The molecule has 1 N–H and O–H groups in total. The summed E-state index contributed by atoms with van der Waals surface area (Å²) in [5.41, 5.74) is 0.889. The summed E-state index contributed by atoms with van der Waals surface area (Å²) in [4.78, 5) is 35.5. The van der Waals surface area contributed by atoms with E-state index < -0.39 is 11.2 Å². The Kier molecular flexibility index (Phi) is 3.34. The van der Waals surface area contributed by atoms with Crippen LogP contribution < -0.4 is 11.2 Å². The zero-order chi connectivity index (χ0) is 15.0. The molecule has 106 valence electrons. The highest BCUT2D eigenvalue weighted by Gasteiger charge is 2.11. The van der Waals surface area contributed by atoms with E-state index >= 15 is 0 Å². The van der Waals surface area contributed by atoms with E-state index in [9.17, 15) is 9.59 Å². The number of hydrogen-bond donors (Lipinski definition) is 1. The molecular formula is C14H12N4O2S. The lowest BCUT2D eigenvalue weighted by Gasteiger charge is -2.06. The highest BCUT2D eigenvalue weighted by Crippen LogP contribution is 2.11. The first kappa shape index (κ1) is 13.6. The van der Waals surface area contributed by atoms with Gasteiger partial charge < -0.3 is 0 Å². The van der Waals surface area contributed by atoms with Gasteiger partial charge in [-0.2, -0.15) is 0 Å². The SMILES string of the molecule is CSc1ncc2c(=O)n(-c3ccc(C)cc3)c(=O)[nH]c2n1. The number of hydrogen-bond acceptors (Lipinski definition) is 5. The van der Waals surface area contributed by atoms with Crippen LogP contribution in [0.15, 0.2) is 45.2 Å². The zero-order valence-electron chi connectivity index (χ0n) is 11.5. The van der Waals surface area contributed by atoms with Gasteiger partial charge >= 0.3 is 5.69 Å². The fraction of sp³-hybridized carbons (Fsp3) is 0.143. The van der Waals surface area contributed by atoms with Gasteiger partial charge in [0.1, 0.15) is 5.39 Å². The minimum absolute atomic E-state index is 0.257. The molecule has 0 aliphatic rings. The molecule has 0 spiro atoms. The zero-order valence-corrected chi connectivity index (χ0v) is 12.3. The molecule has 6 nitrogen and oxygen atoms in total. The largest absolute Gasteiger partial charge is 0.334 e. The Hall–Kier alpha value is -2.41. The van der Waals surface area contributed by atoms with E-state index in [4.69, 9.17) is 0 Å². The third kappa shape index (κ3) is 2.36. The molecule has 3 aromatic rings. The van der Waals surface area contributed by atoms with Crippen molar-refractivity contribution in [2.24, 2.45) is 0 Å². The molecule has 1 aromatic carbocycles. The smallest absolute Gasteiger partial charge is 0.291 e. The van der Waals surface area contributed by atoms with Crippen LogP contribution in [0.4, 0.5) is 0 Å². The maximum absolute atomic E-state index is 12.5. The molecule has 0 bridgehead atoms. The van der Waals surface area contributed by atoms with E-state index in [1.165, 1.54) is 18.0 Å². The number of thioether (sulfide) groups is 1. The van der Waals surface area contributed by atoms with Crippen LogP contribution in [0.1, 0.15) is 5.56 Å². The molecule has 0 saturated heterocycles. The molecule has 0 radical (unpaired) electrons. The van der Waals surface area contributed by atoms with Gasteiger partial charge in [0.15, 0.2) is 10.8 Å². The standard InChI is InChI=1S/C14H12N4O2S/c1-8-3-5-9(6-4-8)18-12(19)10-7-15-13(21-2)16-11(10)17-14(18)20/h3-7H,1-2H3,(H,15,16,17,20). The fourth-order valence-electron chi connectivity index (χ4n) is 2.01. The number of aromatic amines is 1.